The largest absolute Gasteiger partial charge is 0.389 e. The maximum absolute atomic E-state index is 10.4. The lowest BCUT2D eigenvalue weighted by Gasteiger charge is -2.29. The van der Waals surface area contributed by atoms with E-state index in [1.54, 1.807) is 0 Å². The number of nitrogens with one attached hydrogen (secondary N) is 1. The van der Waals surface area contributed by atoms with Crippen molar-refractivity contribution in [3.8, 4) is 12.3 Å². The average Bonchev–Trinajstić information content (AvgIpc) is 2.50. The van der Waals surface area contributed by atoms with Crippen LogP contribution in [0.15, 0.2) is 0 Å². The van der Waals surface area contributed by atoms with Gasteiger partial charge in [-0.2, -0.15) is 0 Å². The highest BCUT2D eigenvalue weighted by atomic mass is 16.3. The minimum Gasteiger partial charge on any atom is -0.389 e. The van der Waals surface area contributed by atoms with Gasteiger partial charge in [0.05, 0.1) is 5.60 Å². The number of terminal acetylenes is 1. The maximum atomic E-state index is 10.4. The molecule has 16 heavy (non-hydrogen) atoms. The van der Waals surface area contributed by atoms with Gasteiger partial charge in [0.2, 0.25) is 0 Å². The van der Waals surface area contributed by atoms with Crippen LogP contribution in [0.25, 0.3) is 0 Å². The molecule has 1 saturated carbocycles. The molecule has 0 amide bonds. The maximum Gasteiger partial charge on any atom is 0.0771 e. The second-order valence-electron chi connectivity index (χ2n) is 5.03. The molecule has 0 aliphatic heterocycles. The van der Waals surface area contributed by atoms with E-state index in [1.165, 1.54) is 12.8 Å². The molecule has 0 spiro atoms. The Balaban J connectivity index is 2.36. The first-order valence-corrected chi connectivity index (χ1v) is 6.59. The monoisotopic (exact) mass is 223 g/mol. The Morgan fingerprint density at radius 1 is 1.31 bits per heavy atom. The third kappa shape index (κ3) is 4.55. The second kappa shape index (κ2) is 6.93. The molecule has 0 radical (unpaired) electrons. The minimum absolute atomic E-state index is 0.359. The van der Waals surface area contributed by atoms with Crippen LogP contribution < -0.4 is 5.32 Å². The molecule has 0 bridgehead atoms. The van der Waals surface area contributed by atoms with Crippen molar-refractivity contribution >= 4 is 0 Å². The van der Waals surface area contributed by atoms with Gasteiger partial charge in [0, 0.05) is 19.0 Å². The van der Waals surface area contributed by atoms with Crippen LogP contribution in [-0.4, -0.2) is 23.3 Å². The predicted octanol–water partition coefficient (Wildman–Crippen LogP) is 2.46. The van der Waals surface area contributed by atoms with Crippen molar-refractivity contribution in [2.24, 2.45) is 0 Å². The molecular formula is C14H25NO. The van der Waals surface area contributed by atoms with E-state index >= 15 is 0 Å². The SMILES string of the molecule is C#CCC(CC)NCC1(O)CCCCCC1. The first-order chi connectivity index (χ1) is 7.70. The zero-order chi connectivity index (χ0) is 11.9. The van der Waals surface area contributed by atoms with E-state index in [9.17, 15) is 5.11 Å². The molecule has 0 aromatic rings. The standard InChI is InChI=1S/C14H25NO/c1-3-9-13(4-2)15-12-14(16)10-7-5-6-8-11-14/h1,13,15-16H,4-12H2,2H3. The molecule has 2 nitrogen and oxygen atoms in total. The van der Waals surface area contributed by atoms with Crippen LogP contribution in [0.3, 0.4) is 0 Å². The summed E-state index contributed by atoms with van der Waals surface area (Å²) in [6.45, 7) is 2.83. The van der Waals surface area contributed by atoms with Crippen molar-refractivity contribution in [2.45, 2.75) is 69.9 Å². The van der Waals surface area contributed by atoms with Gasteiger partial charge in [0.25, 0.3) is 0 Å². The third-order valence-electron chi connectivity index (χ3n) is 3.61. The second-order valence-corrected chi connectivity index (χ2v) is 5.03. The topological polar surface area (TPSA) is 32.3 Å². The fourth-order valence-corrected chi connectivity index (χ4v) is 2.40. The van der Waals surface area contributed by atoms with Gasteiger partial charge in [-0.15, -0.1) is 12.3 Å². The van der Waals surface area contributed by atoms with Crippen LogP contribution >= 0.6 is 0 Å². The van der Waals surface area contributed by atoms with E-state index in [0.29, 0.717) is 12.6 Å². The Morgan fingerprint density at radius 2 is 1.94 bits per heavy atom. The van der Waals surface area contributed by atoms with Crippen LogP contribution in [0.5, 0.6) is 0 Å². The molecule has 1 fully saturated rings. The molecule has 0 aromatic carbocycles. The highest BCUT2D eigenvalue weighted by Gasteiger charge is 2.28. The van der Waals surface area contributed by atoms with E-state index < -0.39 is 5.60 Å². The summed E-state index contributed by atoms with van der Waals surface area (Å²) in [4.78, 5) is 0. The molecule has 0 heterocycles. The first kappa shape index (κ1) is 13.5. The summed E-state index contributed by atoms with van der Waals surface area (Å²) >= 11 is 0. The lowest BCUT2D eigenvalue weighted by molar-refractivity contribution is 0.0227. The van der Waals surface area contributed by atoms with E-state index in [2.05, 4.69) is 18.2 Å². The zero-order valence-electron chi connectivity index (χ0n) is 10.5. The van der Waals surface area contributed by atoms with Crippen molar-refractivity contribution in [2.75, 3.05) is 6.54 Å². The summed E-state index contributed by atoms with van der Waals surface area (Å²) in [5.74, 6) is 2.69. The Hall–Kier alpha value is -0.520. The summed E-state index contributed by atoms with van der Waals surface area (Å²) in [6.07, 6.45) is 13.8. The molecular weight excluding hydrogens is 198 g/mol. The van der Waals surface area contributed by atoms with Crippen molar-refractivity contribution in [1.29, 1.82) is 0 Å². The fourth-order valence-electron chi connectivity index (χ4n) is 2.40. The van der Waals surface area contributed by atoms with Crippen LogP contribution in [-0.2, 0) is 0 Å². The van der Waals surface area contributed by atoms with Gasteiger partial charge in [-0.1, -0.05) is 32.6 Å². The van der Waals surface area contributed by atoms with Crippen LogP contribution in [0.1, 0.15) is 58.3 Å². The molecule has 2 heteroatoms. The number of aliphatic hydroxyl groups is 1. The summed E-state index contributed by atoms with van der Waals surface area (Å²) in [5.41, 5.74) is -0.488. The highest BCUT2D eigenvalue weighted by Crippen LogP contribution is 2.26. The molecule has 0 saturated heterocycles. The Bertz CT molecular complexity index is 223. The van der Waals surface area contributed by atoms with Crippen LogP contribution in [0.4, 0.5) is 0 Å². The van der Waals surface area contributed by atoms with Crippen molar-refractivity contribution in [1.82, 2.24) is 5.32 Å². The number of hydrogen-bond donors (Lipinski definition) is 2. The lowest BCUT2D eigenvalue weighted by Crippen LogP contribution is -2.44. The Kier molecular flexibility index (Phi) is 5.87. The van der Waals surface area contributed by atoms with E-state index in [0.717, 1.165) is 38.5 Å². The molecule has 1 unspecified atom stereocenters. The van der Waals surface area contributed by atoms with Gasteiger partial charge in [0.15, 0.2) is 0 Å². The van der Waals surface area contributed by atoms with E-state index in [4.69, 9.17) is 6.42 Å². The van der Waals surface area contributed by atoms with Crippen molar-refractivity contribution in [3.63, 3.8) is 0 Å². The molecule has 1 aliphatic carbocycles. The Morgan fingerprint density at radius 3 is 2.44 bits per heavy atom. The van der Waals surface area contributed by atoms with Crippen molar-refractivity contribution < 1.29 is 5.11 Å². The molecule has 1 atom stereocenters. The predicted molar refractivity (Wildman–Crippen MR) is 68.2 cm³/mol. The van der Waals surface area contributed by atoms with Crippen LogP contribution in [0, 0.1) is 12.3 Å². The molecule has 2 N–H and O–H groups in total. The number of rotatable bonds is 5. The first-order valence-electron chi connectivity index (χ1n) is 6.59. The fraction of sp³-hybridized carbons (Fsp3) is 0.857. The summed E-state index contributed by atoms with van der Waals surface area (Å²) in [6, 6.07) is 0.359. The molecule has 92 valence electrons. The summed E-state index contributed by atoms with van der Waals surface area (Å²) in [7, 11) is 0. The van der Waals surface area contributed by atoms with Gasteiger partial charge in [-0.25, -0.2) is 0 Å². The molecule has 1 aliphatic rings. The van der Waals surface area contributed by atoms with E-state index in [-0.39, 0.29) is 0 Å². The normalized spacial score (nSPS) is 22.1. The quantitative estimate of drug-likeness (QED) is 0.554. The smallest absolute Gasteiger partial charge is 0.0771 e. The molecule has 1 rings (SSSR count). The minimum atomic E-state index is -0.488. The van der Waals surface area contributed by atoms with Gasteiger partial charge >= 0.3 is 0 Å². The highest BCUT2D eigenvalue weighted by molar-refractivity contribution is 4.91. The Labute approximate surface area is 99.8 Å². The number of hydrogen-bond acceptors (Lipinski definition) is 2. The molecule has 0 aromatic heterocycles. The van der Waals surface area contributed by atoms with Gasteiger partial charge in [-0.05, 0) is 19.3 Å². The summed E-state index contributed by atoms with van der Waals surface area (Å²) < 4.78 is 0. The van der Waals surface area contributed by atoms with Crippen LogP contribution in [0.2, 0.25) is 0 Å². The van der Waals surface area contributed by atoms with Gasteiger partial charge in [0.1, 0.15) is 0 Å². The van der Waals surface area contributed by atoms with Crippen molar-refractivity contribution in [3.05, 3.63) is 0 Å². The third-order valence-corrected chi connectivity index (χ3v) is 3.61. The lowest BCUT2D eigenvalue weighted by atomic mass is 9.94. The van der Waals surface area contributed by atoms with Gasteiger partial charge < -0.3 is 10.4 Å². The van der Waals surface area contributed by atoms with E-state index in [1.807, 2.05) is 0 Å². The van der Waals surface area contributed by atoms with Gasteiger partial charge in [-0.3, -0.25) is 0 Å². The zero-order valence-corrected chi connectivity index (χ0v) is 10.5. The average molecular weight is 223 g/mol. The summed E-state index contributed by atoms with van der Waals surface area (Å²) in [5, 5.41) is 13.9.